The standard InChI is InChI=1S/C16H14F3NO/c17-16(18,19)11-7-5-10(6-8-11)15(21)9-14(20)12-3-1-2-4-13(12)15/h1-8,14,21H,9,20H2. The lowest BCUT2D eigenvalue weighted by atomic mass is 9.87. The molecule has 2 unspecified atom stereocenters. The summed E-state index contributed by atoms with van der Waals surface area (Å²) in [5.74, 6) is 0. The van der Waals surface area contributed by atoms with Gasteiger partial charge in [-0.2, -0.15) is 13.2 Å². The van der Waals surface area contributed by atoms with E-state index in [1.165, 1.54) is 12.1 Å². The molecule has 1 aliphatic rings. The van der Waals surface area contributed by atoms with Crippen molar-refractivity contribution in [2.24, 2.45) is 5.73 Å². The number of alkyl halides is 3. The molecule has 2 aromatic carbocycles. The van der Waals surface area contributed by atoms with Crippen LogP contribution in [-0.4, -0.2) is 5.11 Å². The number of fused-ring (bicyclic) bond motifs is 1. The third-order valence-electron chi connectivity index (χ3n) is 4.01. The zero-order chi connectivity index (χ0) is 15.3. The summed E-state index contributed by atoms with van der Waals surface area (Å²) >= 11 is 0. The monoisotopic (exact) mass is 293 g/mol. The van der Waals surface area contributed by atoms with Crippen LogP contribution in [-0.2, 0) is 11.8 Å². The quantitative estimate of drug-likeness (QED) is 0.847. The Balaban J connectivity index is 2.05. The number of hydrogen-bond acceptors (Lipinski definition) is 2. The lowest BCUT2D eigenvalue weighted by molar-refractivity contribution is -0.137. The normalized spacial score (nSPS) is 24.9. The second-order valence-electron chi connectivity index (χ2n) is 5.33. The first kappa shape index (κ1) is 14.1. The molecule has 3 N–H and O–H groups in total. The van der Waals surface area contributed by atoms with E-state index in [2.05, 4.69) is 0 Å². The molecule has 0 bridgehead atoms. The van der Waals surface area contributed by atoms with Crippen molar-refractivity contribution in [2.75, 3.05) is 0 Å². The zero-order valence-electron chi connectivity index (χ0n) is 11.1. The van der Waals surface area contributed by atoms with E-state index >= 15 is 0 Å². The summed E-state index contributed by atoms with van der Waals surface area (Å²) in [6.07, 6.45) is -4.12. The van der Waals surface area contributed by atoms with Gasteiger partial charge in [0.05, 0.1) is 5.56 Å². The third kappa shape index (κ3) is 2.22. The Bertz CT molecular complexity index is 666. The molecule has 0 fully saturated rings. The molecule has 2 aromatic rings. The molecular weight excluding hydrogens is 279 g/mol. The Labute approximate surface area is 120 Å². The molecule has 3 rings (SSSR count). The molecule has 0 saturated heterocycles. The summed E-state index contributed by atoms with van der Waals surface area (Å²) in [6.45, 7) is 0. The van der Waals surface area contributed by atoms with Crippen molar-refractivity contribution in [2.45, 2.75) is 24.2 Å². The maximum atomic E-state index is 12.6. The van der Waals surface area contributed by atoms with Gasteiger partial charge in [-0.15, -0.1) is 0 Å². The van der Waals surface area contributed by atoms with E-state index in [4.69, 9.17) is 5.73 Å². The second kappa shape index (κ2) is 4.58. The number of nitrogens with two attached hydrogens (primary N) is 1. The van der Waals surface area contributed by atoms with Crippen LogP contribution >= 0.6 is 0 Å². The summed E-state index contributed by atoms with van der Waals surface area (Å²) in [4.78, 5) is 0. The van der Waals surface area contributed by atoms with Crippen molar-refractivity contribution in [1.29, 1.82) is 0 Å². The van der Waals surface area contributed by atoms with Gasteiger partial charge in [0.1, 0.15) is 5.60 Å². The summed E-state index contributed by atoms with van der Waals surface area (Å²) in [6, 6.07) is 11.5. The number of hydrogen-bond donors (Lipinski definition) is 2. The number of benzene rings is 2. The van der Waals surface area contributed by atoms with Gasteiger partial charge in [0.2, 0.25) is 0 Å². The molecule has 0 aromatic heterocycles. The zero-order valence-corrected chi connectivity index (χ0v) is 11.1. The molecule has 0 saturated carbocycles. The van der Waals surface area contributed by atoms with E-state index in [0.717, 1.165) is 17.7 Å². The predicted molar refractivity (Wildman–Crippen MR) is 72.4 cm³/mol. The van der Waals surface area contributed by atoms with Gasteiger partial charge in [0, 0.05) is 12.5 Å². The first-order chi connectivity index (χ1) is 9.82. The van der Waals surface area contributed by atoms with Crippen molar-refractivity contribution in [1.82, 2.24) is 0 Å². The highest BCUT2D eigenvalue weighted by Crippen LogP contribution is 2.46. The Kier molecular flexibility index (Phi) is 3.07. The molecule has 0 spiro atoms. The molecule has 0 radical (unpaired) electrons. The second-order valence-corrected chi connectivity index (χ2v) is 5.33. The predicted octanol–water partition coefficient (Wildman–Crippen LogP) is 3.34. The Morgan fingerprint density at radius 3 is 2.29 bits per heavy atom. The molecule has 21 heavy (non-hydrogen) atoms. The van der Waals surface area contributed by atoms with Crippen molar-refractivity contribution >= 4 is 0 Å². The van der Waals surface area contributed by atoms with Crippen LogP contribution in [0.1, 0.15) is 34.7 Å². The minimum Gasteiger partial charge on any atom is -0.380 e. The molecule has 0 aliphatic heterocycles. The third-order valence-corrected chi connectivity index (χ3v) is 4.01. The maximum absolute atomic E-state index is 12.6. The largest absolute Gasteiger partial charge is 0.416 e. The van der Waals surface area contributed by atoms with Crippen LogP contribution < -0.4 is 5.73 Å². The maximum Gasteiger partial charge on any atom is 0.416 e. The van der Waals surface area contributed by atoms with Crippen LogP contribution in [0.3, 0.4) is 0 Å². The van der Waals surface area contributed by atoms with Gasteiger partial charge in [0.15, 0.2) is 0 Å². The smallest absolute Gasteiger partial charge is 0.380 e. The van der Waals surface area contributed by atoms with Gasteiger partial charge in [-0.1, -0.05) is 36.4 Å². The molecule has 5 heteroatoms. The molecule has 0 amide bonds. The van der Waals surface area contributed by atoms with Crippen LogP contribution in [0.2, 0.25) is 0 Å². The van der Waals surface area contributed by atoms with Crippen LogP contribution in [0.5, 0.6) is 0 Å². The Hall–Kier alpha value is -1.85. The number of rotatable bonds is 1. The van der Waals surface area contributed by atoms with Gasteiger partial charge in [-0.05, 0) is 28.8 Å². The highest BCUT2D eigenvalue weighted by Gasteiger charge is 2.42. The van der Waals surface area contributed by atoms with E-state index in [1.807, 2.05) is 12.1 Å². The van der Waals surface area contributed by atoms with Gasteiger partial charge < -0.3 is 10.8 Å². The first-order valence-corrected chi connectivity index (χ1v) is 6.57. The fourth-order valence-electron chi connectivity index (χ4n) is 2.94. The van der Waals surface area contributed by atoms with Crippen LogP contribution in [0.25, 0.3) is 0 Å². The molecule has 2 nitrogen and oxygen atoms in total. The lowest BCUT2D eigenvalue weighted by Crippen LogP contribution is -2.25. The summed E-state index contributed by atoms with van der Waals surface area (Å²) in [5.41, 5.74) is 5.88. The fraction of sp³-hybridized carbons (Fsp3) is 0.250. The summed E-state index contributed by atoms with van der Waals surface area (Å²) < 4.78 is 37.8. The summed E-state index contributed by atoms with van der Waals surface area (Å²) in [5, 5.41) is 10.9. The minimum absolute atomic E-state index is 0.262. The average Bonchev–Trinajstić information content (AvgIpc) is 2.72. The Morgan fingerprint density at radius 1 is 1.05 bits per heavy atom. The van der Waals surface area contributed by atoms with Crippen molar-refractivity contribution in [3.05, 3.63) is 70.8 Å². The topological polar surface area (TPSA) is 46.2 Å². The SMILES string of the molecule is NC1CC(O)(c2ccc(C(F)(F)F)cc2)c2ccccc21. The van der Waals surface area contributed by atoms with Crippen molar-refractivity contribution in [3.63, 3.8) is 0 Å². The van der Waals surface area contributed by atoms with Crippen LogP contribution in [0, 0.1) is 0 Å². The van der Waals surface area contributed by atoms with Crippen molar-refractivity contribution in [3.8, 4) is 0 Å². The minimum atomic E-state index is -4.38. The average molecular weight is 293 g/mol. The number of halogens is 3. The molecule has 2 atom stereocenters. The highest BCUT2D eigenvalue weighted by atomic mass is 19.4. The van der Waals surface area contributed by atoms with Crippen LogP contribution in [0.4, 0.5) is 13.2 Å². The first-order valence-electron chi connectivity index (χ1n) is 6.57. The Morgan fingerprint density at radius 2 is 1.67 bits per heavy atom. The fourth-order valence-corrected chi connectivity index (χ4v) is 2.94. The summed E-state index contributed by atoms with van der Waals surface area (Å²) in [7, 11) is 0. The van der Waals surface area contributed by atoms with Crippen molar-refractivity contribution < 1.29 is 18.3 Å². The van der Waals surface area contributed by atoms with Gasteiger partial charge >= 0.3 is 6.18 Å². The lowest BCUT2D eigenvalue weighted by Gasteiger charge is -2.25. The van der Waals surface area contributed by atoms with E-state index in [-0.39, 0.29) is 12.5 Å². The van der Waals surface area contributed by atoms with E-state index in [1.54, 1.807) is 12.1 Å². The van der Waals surface area contributed by atoms with Gasteiger partial charge in [-0.3, -0.25) is 0 Å². The van der Waals surface area contributed by atoms with E-state index in [0.29, 0.717) is 11.1 Å². The number of aliphatic hydroxyl groups is 1. The van der Waals surface area contributed by atoms with E-state index < -0.39 is 17.3 Å². The molecular formula is C16H14F3NO. The molecule has 0 heterocycles. The van der Waals surface area contributed by atoms with Gasteiger partial charge in [0.25, 0.3) is 0 Å². The van der Waals surface area contributed by atoms with Crippen LogP contribution in [0.15, 0.2) is 48.5 Å². The van der Waals surface area contributed by atoms with E-state index in [9.17, 15) is 18.3 Å². The highest BCUT2D eigenvalue weighted by molar-refractivity contribution is 5.47. The van der Waals surface area contributed by atoms with Gasteiger partial charge in [-0.25, -0.2) is 0 Å². The molecule has 1 aliphatic carbocycles. The molecule has 110 valence electrons.